The molecular weight excluding hydrogens is 472 g/mol. The minimum Gasteiger partial charge on any atom is -0.373 e. The van der Waals surface area contributed by atoms with Crippen molar-refractivity contribution in [3.63, 3.8) is 0 Å². The van der Waals surface area contributed by atoms with E-state index in [-0.39, 0.29) is 30.2 Å². The van der Waals surface area contributed by atoms with Crippen molar-refractivity contribution in [3.8, 4) is 0 Å². The van der Waals surface area contributed by atoms with E-state index in [0.29, 0.717) is 40.7 Å². The van der Waals surface area contributed by atoms with Crippen molar-refractivity contribution in [3.05, 3.63) is 32.6 Å². The summed E-state index contributed by atoms with van der Waals surface area (Å²) in [5, 5.41) is 7.90. The number of hydrogen-bond acceptors (Lipinski definition) is 7. The minimum absolute atomic E-state index is 0.0986. The molecule has 0 saturated carbocycles. The highest BCUT2D eigenvalue weighted by Gasteiger charge is 2.24. The topological polar surface area (TPSA) is 105 Å². The molecule has 5 heterocycles. The maximum atomic E-state index is 12.7. The number of halogens is 1. The number of carbonyl (C=O) groups is 1. The second kappa shape index (κ2) is 7.41. The van der Waals surface area contributed by atoms with Crippen molar-refractivity contribution in [2.24, 2.45) is 0 Å². The Balaban J connectivity index is 1.43. The molecule has 9 nitrogen and oxygen atoms in total. The molecule has 156 valence electrons. The molecule has 5 rings (SSSR count). The number of morpholine rings is 1. The molecule has 0 aliphatic carbocycles. The highest BCUT2D eigenvalue weighted by atomic mass is 79.9. The lowest BCUT2D eigenvalue weighted by molar-refractivity contribution is -0.121. The van der Waals surface area contributed by atoms with E-state index in [2.05, 4.69) is 41.2 Å². The molecule has 4 aromatic heterocycles. The lowest BCUT2D eigenvalue weighted by Gasteiger charge is -2.34. The van der Waals surface area contributed by atoms with E-state index in [0.717, 1.165) is 8.62 Å². The molecular formula is C19H19BrN6O3S. The number of amides is 1. The van der Waals surface area contributed by atoms with Gasteiger partial charge in [0, 0.05) is 13.1 Å². The SMILES string of the molecule is C[C@H]1CN(CC(=O)Nc2cnc3c(c2)[nH]c(=O)c2c3nn3cc(Br)sc23)C[C@H](C)O1. The summed E-state index contributed by atoms with van der Waals surface area (Å²) < 4.78 is 8.27. The van der Waals surface area contributed by atoms with E-state index in [9.17, 15) is 9.59 Å². The Morgan fingerprint density at radius 3 is 2.90 bits per heavy atom. The third-order valence-electron chi connectivity index (χ3n) is 5.02. The highest BCUT2D eigenvalue weighted by Crippen LogP contribution is 2.30. The quantitative estimate of drug-likeness (QED) is 0.457. The fourth-order valence-corrected chi connectivity index (χ4v) is 5.48. The van der Waals surface area contributed by atoms with Gasteiger partial charge >= 0.3 is 0 Å². The first-order chi connectivity index (χ1) is 14.4. The van der Waals surface area contributed by atoms with Crippen molar-refractivity contribution in [1.29, 1.82) is 0 Å². The number of anilines is 1. The van der Waals surface area contributed by atoms with Crippen LogP contribution in [0.15, 0.2) is 27.0 Å². The number of ether oxygens (including phenoxy) is 1. The summed E-state index contributed by atoms with van der Waals surface area (Å²) in [6, 6.07) is 1.72. The van der Waals surface area contributed by atoms with Crippen LogP contribution in [0.5, 0.6) is 0 Å². The van der Waals surface area contributed by atoms with Gasteiger partial charge < -0.3 is 15.0 Å². The zero-order valence-electron chi connectivity index (χ0n) is 16.3. The van der Waals surface area contributed by atoms with Crippen LogP contribution in [0.2, 0.25) is 0 Å². The van der Waals surface area contributed by atoms with Gasteiger partial charge in [0.2, 0.25) is 5.91 Å². The Labute approximate surface area is 183 Å². The van der Waals surface area contributed by atoms with E-state index in [4.69, 9.17) is 4.74 Å². The Morgan fingerprint density at radius 1 is 1.37 bits per heavy atom. The average Bonchev–Trinajstić information content (AvgIpc) is 3.16. The van der Waals surface area contributed by atoms with Crippen molar-refractivity contribution in [1.82, 2.24) is 24.5 Å². The minimum atomic E-state index is -0.233. The van der Waals surface area contributed by atoms with E-state index in [1.807, 2.05) is 20.0 Å². The molecule has 1 saturated heterocycles. The molecule has 0 aromatic carbocycles. The fourth-order valence-electron chi connectivity index (χ4n) is 4.01. The van der Waals surface area contributed by atoms with Crippen LogP contribution in [0.1, 0.15) is 13.8 Å². The van der Waals surface area contributed by atoms with Gasteiger partial charge in [0.05, 0.1) is 46.1 Å². The van der Waals surface area contributed by atoms with Gasteiger partial charge in [-0.3, -0.25) is 19.5 Å². The van der Waals surface area contributed by atoms with Gasteiger partial charge in [-0.05, 0) is 35.8 Å². The summed E-state index contributed by atoms with van der Waals surface area (Å²) in [7, 11) is 0. The summed E-state index contributed by atoms with van der Waals surface area (Å²) in [5.74, 6) is -0.131. The molecule has 11 heteroatoms. The standard InChI is InChI=1S/C19H19BrN6O3S/c1-9-5-25(6-10(2)29-9)8-14(27)22-11-3-12-16(21-4-11)17-15(18(28)23-12)19-26(24-17)7-13(20)30-19/h3-4,7,9-10H,5-6,8H2,1-2H3,(H,22,27)(H,23,28)/t9-,10-/m0/s1. The normalized spacial score (nSPS) is 20.4. The van der Waals surface area contributed by atoms with Crippen LogP contribution in [0.3, 0.4) is 0 Å². The monoisotopic (exact) mass is 490 g/mol. The maximum Gasteiger partial charge on any atom is 0.261 e. The number of aromatic nitrogens is 4. The first-order valence-electron chi connectivity index (χ1n) is 9.54. The number of pyridine rings is 2. The highest BCUT2D eigenvalue weighted by molar-refractivity contribution is 9.11. The summed E-state index contributed by atoms with van der Waals surface area (Å²) >= 11 is 4.86. The third-order valence-corrected chi connectivity index (χ3v) is 6.59. The number of hydrogen-bond donors (Lipinski definition) is 2. The number of nitrogens with zero attached hydrogens (tertiary/aromatic N) is 4. The number of carbonyl (C=O) groups excluding carboxylic acids is 1. The Morgan fingerprint density at radius 2 is 2.13 bits per heavy atom. The van der Waals surface area contributed by atoms with Crippen LogP contribution in [0.4, 0.5) is 5.69 Å². The first-order valence-corrected chi connectivity index (χ1v) is 11.2. The molecule has 0 bridgehead atoms. The number of nitrogens with one attached hydrogen (secondary N) is 2. The van der Waals surface area contributed by atoms with Crippen LogP contribution in [0.25, 0.3) is 26.8 Å². The Kier molecular flexibility index (Phi) is 4.85. The van der Waals surface area contributed by atoms with Crippen molar-refractivity contribution in [2.45, 2.75) is 26.1 Å². The predicted octanol–water partition coefficient (Wildman–Crippen LogP) is 2.60. The lowest BCUT2D eigenvalue weighted by atomic mass is 10.2. The number of rotatable bonds is 3. The zero-order valence-corrected chi connectivity index (χ0v) is 18.7. The zero-order chi connectivity index (χ0) is 21.0. The number of fused-ring (bicyclic) bond motifs is 5. The van der Waals surface area contributed by atoms with E-state index >= 15 is 0 Å². The maximum absolute atomic E-state index is 12.7. The molecule has 4 aromatic rings. The molecule has 0 radical (unpaired) electrons. The van der Waals surface area contributed by atoms with E-state index in [1.165, 1.54) is 11.3 Å². The predicted molar refractivity (Wildman–Crippen MR) is 119 cm³/mol. The Bertz CT molecular complexity index is 1340. The molecule has 1 aliphatic rings. The van der Waals surface area contributed by atoms with Gasteiger partial charge in [0.1, 0.15) is 21.3 Å². The van der Waals surface area contributed by atoms with Crippen molar-refractivity contribution in [2.75, 3.05) is 25.0 Å². The second-order valence-corrected chi connectivity index (χ2v) is 9.99. The van der Waals surface area contributed by atoms with Crippen LogP contribution in [-0.2, 0) is 9.53 Å². The largest absolute Gasteiger partial charge is 0.373 e. The van der Waals surface area contributed by atoms with Gasteiger partial charge in [-0.2, -0.15) is 5.10 Å². The van der Waals surface area contributed by atoms with E-state index < -0.39 is 0 Å². The first kappa shape index (κ1) is 19.6. The third kappa shape index (κ3) is 3.51. The van der Waals surface area contributed by atoms with E-state index in [1.54, 1.807) is 16.8 Å². The molecule has 2 N–H and O–H groups in total. The van der Waals surface area contributed by atoms with Gasteiger partial charge in [-0.1, -0.05) is 0 Å². The van der Waals surface area contributed by atoms with Crippen LogP contribution >= 0.6 is 27.3 Å². The van der Waals surface area contributed by atoms with Gasteiger partial charge in [0.15, 0.2) is 0 Å². The van der Waals surface area contributed by atoms with Crippen LogP contribution < -0.4 is 10.9 Å². The molecule has 2 atom stereocenters. The summed E-state index contributed by atoms with van der Waals surface area (Å²) in [4.78, 5) is 35.4. The van der Waals surface area contributed by atoms with Crippen LogP contribution in [0, 0.1) is 0 Å². The average molecular weight is 491 g/mol. The summed E-state index contributed by atoms with van der Waals surface area (Å²) in [5.41, 5.74) is 1.96. The second-order valence-electron chi connectivity index (χ2n) is 7.58. The molecule has 0 spiro atoms. The number of H-pyrrole nitrogens is 1. The molecule has 1 fully saturated rings. The van der Waals surface area contributed by atoms with Gasteiger partial charge in [-0.15, -0.1) is 11.3 Å². The van der Waals surface area contributed by atoms with Crippen molar-refractivity contribution >= 4 is 65.6 Å². The fraction of sp³-hybridized carbons (Fsp3) is 0.368. The molecule has 1 aliphatic heterocycles. The molecule has 0 unspecified atom stereocenters. The smallest absolute Gasteiger partial charge is 0.261 e. The molecule has 1 amide bonds. The Hall–Kier alpha value is -2.34. The summed E-state index contributed by atoms with van der Waals surface area (Å²) in [6.45, 7) is 5.71. The van der Waals surface area contributed by atoms with Gasteiger partial charge in [-0.25, -0.2) is 4.52 Å². The lowest BCUT2D eigenvalue weighted by Crippen LogP contribution is -2.48. The summed E-state index contributed by atoms with van der Waals surface area (Å²) in [6.07, 6.45) is 3.60. The molecule has 30 heavy (non-hydrogen) atoms. The van der Waals surface area contributed by atoms with Crippen LogP contribution in [-0.4, -0.2) is 62.2 Å². The number of thiazole rings is 1. The van der Waals surface area contributed by atoms with Crippen molar-refractivity contribution < 1.29 is 9.53 Å². The number of aromatic amines is 1. The van der Waals surface area contributed by atoms with Gasteiger partial charge in [0.25, 0.3) is 5.56 Å².